The van der Waals surface area contributed by atoms with E-state index in [1.807, 2.05) is 12.1 Å². The molecule has 1 heterocycles. The second kappa shape index (κ2) is 6.25. The first-order chi connectivity index (χ1) is 9.08. The molecule has 0 spiro atoms. The van der Waals surface area contributed by atoms with Gasteiger partial charge in [0, 0.05) is 11.1 Å². The summed E-state index contributed by atoms with van der Waals surface area (Å²) < 4.78 is 0. The van der Waals surface area contributed by atoms with Gasteiger partial charge in [-0.2, -0.15) is 0 Å². The van der Waals surface area contributed by atoms with Crippen molar-refractivity contribution in [3.63, 3.8) is 0 Å². The Morgan fingerprint density at radius 3 is 2.37 bits per heavy atom. The molecule has 1 saturated heterocycles. The van der Waals surface area contributed by atoms with Crippen LogP contribution in [-0.2, 0) is 5.54 Å². The summed E-state index contributed by atoms with van der Waals surface area (Å²) in [7, 11) is 0. The molecule has 3 heteroatoms. The summed E-state index contributed by atoms with van der Waals surface area (Å²) in [6, 6.07) is 8.45. The number of hydrogen-bond donors (Lipinski definition) is 1. The fourth-order valence-corrected chi connectivity index (χ4v) is 3.35. The van der Waals surface area contributed by atoms with Crippen molar-refractivity contribution in [1.82, 2.24) is 4.90 Å². The quantitative estimate of drug-likeness (QED) is 0.889. The molecule has 0 aromatic heterocycles. The minimum Gasteiger partial charge on any atom is -0.320 e. The first-order valence-corrected chi connectivity index (χ1v) is 7.74. The molecule has 1 fully saturated rings. The fourth-order valence-electron chi connectivity index (χ4n) is 3.22. The molecule has 0 saturated carbocycles. The zero-order valence-electron chi connectivity index (χ0n) is 12.0. The van der Waals surface area contributed by atoms with Gasteiger partial charge in [-0.25, -0.2) is 0 Å². The molecule has 0 bridgehead atoms. The molecular formula is C16H25ClN2. The lowest BCUT2D eigenvalue weighted by atomic mass is 9.80. The zero-order valence-corrected chi connectivity index (χ0v) is 12.8. The van der Waals surface area contributed by atoms with Crippen molar-refractivity contribution in [3.05, 3.63) is 34.9 Å². The van der Waals surface area contributed by atoms with Gasteiger partial charge in [0.25, 0.3) is 0 Å². The second-order valence-corrected chi connectivity index (χ2v) is 6.15. The van der Waals surface area contributed by atoms with Gasteiger partial charge in [-0.1, -0.05) is 37.1 Å². The van der Waals surface area contributed by atoms with E-state index in [1.165, 1.54) is 31.5 Å². The average molecular weight is 281 g/mol. The molecule has 2 atom stereocenters. The van der Waals surface area contributed by atoms with Crippen molar-refractivity contribution in [2.24, 2.45) is 5.73 Å². The Labute approximate surface area is 121 Å². The van der Waals surface area contributed by atoms with E-state index >= 15 is 0 Å². The Balaban J connectivity index is 2.27. The molecule has 1 aromatic rings. The maximum absolute atomic E-state index is 6.82. The Hall–Kier alpha value is -0.570. The summed E-state index contributed by atoms with van der Waals surface area (Å²) in [6.45, 7) is 6.83. The molecule has 0 radical (unpaired) electrons. The van der Waals surface area contributed by atoms with E-state index in [4.69, 9.17) is 17.3 Å². The van der Waals surface area contributed by atoms with Gasteiger partial charge in [0.2, 0.25) is 0 Å². The van der Waals surface area contributed by atoms with Crippen molar-refractivity contribution in [1.29, 1.82) is 0 Å². The van der Waals surface area contributed by atoms with E-state index in [-0.39, 0.29) is 5.54 Å². The summed E-state index contributed by atoms with van der Waals surface area (Å²) in [4.78, 5) is 2.53. The first kappa shape index (κ1) is 14.8. The van der Waals surface area contributed by atoms with Gasteiger partial charge in [0.1, 0.15) is 0 Å². The molecule has 2 N–H and O–H groups in total. The zero-order chi connectivity index (χ0) is 13.9. The molecule has 2 nitrogen and oxygen atoms in total. The maximum atomic E-state index is 6.82. The van der Waals surface area contributed by atoms with Gasteiger partial charge in [-0.05, 0) is 57.0 Å². The molecule has 2 rings (SSSR count). The molecule has 1 aliphatic heterocycles. The number of likely N-dealkylation sites (tertiary alicyclic amines) is 1. The number of nitrogens with two attached hydrogens (primary N) is 1. The molecule has 19 heavy (non-hydrogen) atoms. The number of rotatable bonds is 5. The van der Waals surface area contributed by atoms with Crippen LogP contribution in [0.3, 0.4) is 0 Å². The van der Waals surface area contributed by atoms with Crippen LogP contribution in [0, 0.1) is 0 Å². The molecular weight excluding hydrogens is 256 g/mol. The van der Waals surface area contributed by atoms with Crippen LogP contribution in [-0.4, -0.2) is 24.0 Å². The van der Waals surface area contributed by atoms with Crippen molar-refractivity contribution in [3.8, 4) is 0 Å². The van der Waals surface area contributed by atoms with Crippen LogP contribution in [0.2, 0.25) is 5.02 Å². The third-order valence-electron chi connectivity index (χ3n) is 4.48. The van der Waals surface area contributed by atoms with E-state index in [0.29, 0.717) is 6.04 Å². The highest BCUT2D eigenvalue weighted by atomic mass is 35.5. The van der Waals surface area contributed by atoms with Crippen molar-refractivity contribution in [2.45, 2.75) is 51.1 Å². The van der Waals surface area contributed by atoms with E-state index in [9.17, 15) is 0 Å². The summed E-state index contributed by atoms with van der Waals surface area (Å²) in [5, 5.41) is 0.774. The number of halogens is 1. The molecule has 2 unspecified atom stereocenters. The Kier molecular flexibility index (Phi) is 4.88. The first-order valence-electron chi connectivity index (χ1n) is 7.37. The van der Waals surface area contributed by atoms with Gasteiger partial charge < -0.3 is 5.73 Å². The molecule has 1 aromatic carbocycles. The third kappa shape index (κ3) is 3.13. The topological polar surface area (TPSA) is 29.3 Å². The largest absolute Gasteiger partial charge is 0.320 e. The van der Waals surface area contributed by atoms with Crippen molar-refractivity contribution in [2.75, 3.05) is 13.1 Å². The second-order valence-electron chi connectivity index (χ2n) is 5.72. The smallest absolute Gasteiger partial charge is 0.0564 e. The van der Waals surface area contributed by atoms with Crippen molar-refractivity contribution >= 4 is 11.6 Å². The lowest BCUT2D eigenvalue weighted by Gasteiger charge is -2.41. The lowest BCUT2D eigenvalue weighted by molar-refractivity contribution is 0.151. The minimum absolute atomic E-state index is 0.274. The summed E-state index contributed by atoms with van der Waals surface area (Å²) in [6.07, 6.45) is 4.70. The maximum Gasteiger partial charge on any atom is 0.0564 e. The molecule has 1 aliphatic rings. The van der Waals surface area contributed by atoms with Crippen LogP contribution < -0.4 is 5.73 Å². The Morgan fingerprint density at radius 1 is 1.26 bits per heavy atom. The van der Waals surface area contributed by atoms with Crippen LogP contribution in [0.1, 0.15) is 45.1 Å². The SMILES string of the molecule is CCCC(N)(c1ccc(Cl)cc1)C(C)N1CCCC1. The highest BCUT2D eigenvalue weighted by molar-refractivity contribution is 6.30. The highest BCUT2D eigenvalue weighted by Crippen LogP contribution is 2.32. The van der Waals surface area contributed by atoms with Crippen LogP contribution >= 0.6 is 11.6 Å². The van der Waals surface area contributed by atoms with Crippen LogP contribution in [0.5, 0.6) is 0 Å². The highest BCUT2D eigenvalue weighted by Gasteiger charge is 2.37. The van der Waals surface area contributed by atoms with Gasteiger partial charge in [0.15, 0.2) is 0 Å². The van der Waals surface area contributed by atoms with Crippen LogP contribution in [0.25, 0.3) is 0 Å². The van der Waals surface area contributed by atoms with Crippen molar-refractivity contribution < 1.29 is 0 Å². The minimum atomic E-state index is -0.274. The van der Waals surface area contributed by atoms with E-state index in [0.717, 1.165) is 17.9 Å². The monoisotopic (exact) mass is 280 g/mol. The van der Waals surface area contributed by atoms with E-state index in [2.05, 4.69) is 30.9 Å². The lowest BCUT2D eigenvalue weighted by Crippen LogP contribution is -2.54. The fraction of sp³-hybridized carbons (Fsp3) is 0.625. The number of benzene rings is 1. The van der Waals surface area contributed by atoms with Crippen LogP contribution in [0.15, 0.2) is 24.3 Å². The predicted molar refractivity (Wildman–Crippen MR) is 82.5 cm³/mol. The average Bonchev–Trinajstić information content (AvgIpc) is 2.92. The summed E-state index contributed by atoms with van der Waals surface area (Å²) >= 11 is 5.99. The Bertz CT molecular complexity index is 398. The number of hydrogen-bond acceptors (Lipinski definition) is 2. The van der Waals surface area contributed by atoms with Gasteiger partial charge in [-0.3, -0.25) is 4.90 Å². The van der Waals surface area contributed by atoms with Gasteiger partial charge in [0.05, 0.1) is 5.54 Å². The van der Waals surface area contributed by atoms with E-state index in [1.54, 1.807) is 0 Å². The van der Waals surface area contributed by atoms with Crippen LogP contribution in [0.4, 0.5) is 0 Å². The summed E-state index contributed by atoms with van der Waals surface area (Å²) in [5.74, 6) is 0. The molecule has 0 aliphatic carbocycles. The molecule has 0 amide bonds. The third-order valence-corrected chi connectivity index (χ3v) is 4.73. The normalized spacial score (nSPS) is 21.3. The Morgan fingerprint density at radius 2 is 1.84 bits per heavy atom. The van der Waals surface area contributed by atoms with Gasteiger partial charge >= 0.3 is 0 Å². The predicted octanol–water partition coefficient (Wildman–Crippen LogP) is 3.78. The standard InChI is InChI=1S/C16H25ClN2/c1-3-10-16(18,13(2)19-11-4-5-12-19)14-6-8-15(17)9-7-14/h6-9,13H,3-5,10-12,18H2,1-2H3. The van der Waals surface area contributed by atoms with Gasteiger partial charge in [-0.15, -0.1) is 0 Å². The number of nitrogens with zero attached hydrogens (tertiary/aromatic N) is 1. The van der Waals surface area contributed by atoms with E-state index < -0.39 is 0 Å². The summed E-state index contributed by atoms with van der Waals surface area (Å²) in [5.41, 5.74) is 7.75. The molecule has 106 valence electrons.